The van der Waals surface area contributed by atoms with Gasteiger partial charge in [0.1, 0.15) is 23.3 Å². The van der Waals surface area contributed by atoms with Crippen LogP contribution in [0.15, 0.2) is 48.5 Å². The van der Waals surface area contributed by atoms with E-state index in [0.29, 0.717) is 22.8 Å². The van der Waals surface area contributed by atoms with Crippen LogP contribution in [0.1, 0.15) is 5.56 Å². The third-order valence-electron chi connectivity index (χ3n) is 4.90. The second-order valence-corrected chi connectivity index (χ2v) is 7.64. The average Bonchev–Trinajstić information content (AvgIpc) is 2.96. The van der Waals surface area contributed by atoms with Crippen molar-refractivity contribution in [3.05, 3.63) is 54.1 Å². The quantitative estimate of drug-likeness (QED) is 0.245. The number of carbonyl (C=O) groups is 5. The highest BCUT2D eigenvalue weighted by molar-refractivity contribution is 5.86. The highest BCUT2D eigenvalue weighted by Crippen LogP contribution is 2.18. The third-order valence-corrected chi connectivity index (χ3v) is 4.90. The Bertz CT molecular complexity index is 1110. The third kappa shape index (κ3) is 11.4. The van der Waals surface area contributed by atoms with Gasteiger partial charge in [0.25, 0.3) is 5.91 Å². The van der Waals surface area contributed by atoms with E-state index in [0.717, 1.165) is 0 Å². The summed E-state index contributed by atoms with van der Waals surface area (Å²) in [7, 11) is 3.68. The van der Waals surface area contributed by atoms with Gasteiger partial charge in [-0.1, -0.05) is 12.1 Å². The van der Waals surface area contributed by atoms with Crippen molar-refractivity contribution in [1.29, 1.82) is 0 Å². The number of amides is 1. The molecular weight excluding hydrogens is 518 g/mol. The maximum absolute atomic E-state index is 12.3. The molecule has 39 heavy (non-hydrogen) atoms. The largest absolute Gasteiger partial charge is 0.482 e. The maximum atomic E-state index is 12.3. The lowest BCUT2D eigenvalue weighted by molar-refractivity contribution is -0.151. The highest BCUT2D eigenvalue weighted by Gasteiger charge is 2.23. The Hall–Kier alpha value is -4.81. The molecule has 1 amide bonds. The van der Waals surface area contributed by atoms with Crippen LogP contribution in [-0.4, -0.2) is 83.6 Å². The van der Waals surface area contributed by atoms with Crippen LogP contribution in [0.2, 0.25) is 0 Å². The van der Waals surface area contributed by atoms with E-state index < -0.39 is 49.0 Å². The van der Waals surface area contributed by atoms with Crippen molar-refractivity contribution in [2.24, 2.45) is 0 Å². The zero-order chi connectivity index (χ0) is 28.6. The Morgan fingerprint density at radius 1 is 0.615 bits per heavy atom. The summed E-state index contributed by atoms with van der Waals surface area (Å²) >= 11 is 0. The summed E-state index contributed by atoms with van der Waals surface area (Å²) < 4.78 is 34.4. The molecule has 0 radical (unpaired) electrons. The van der Waals surface area contributed by atoms with Crippen LogP contribution in [0.4, 0.5) is 0 Å². The summed E-state index contributed by atoms with van der Waals surface area (Å²) in [6.45, 7) is -1.61. The first-order chi connectivity index (χ1) is 18.7. The average molecular weight is 548 g/mol. The Morgan fingerprint density at radius 3 is 1.49 bits per heavy atom. The second-order valence-electron chi connectivity index (χ2n) is 7.64. The van der Waals surface area contributed by atoms with E-state index in [1.165, 1.54) is 45.6 Å². The normalized spacial score (nSPS) is 10.8. The summed E-state index contributed by atoms with van der Waals surface area (Å²) in [5, 5.41) is 2.47. The molecule has 0 spiro atoms. The number of carbonyl (C=O) groups excluding carboxylic acids is 5. The zero-order valence-corrected chi connectivity index (χ0v) is 21.6. The van der Waals surface area contributed by atoms with Crippen molar-refractivity contribution < 1.29 is 57.1 Å². The van der Waals surface area contributed by atoms with Gasteiger partial charge in [-0.05, 0) is 42.0 Å². The van der Waals surface area contributed by atoms with Crippen molar-refractivity contribution in [3.8, 4) is 17.2 Å². The van der Waals surface area contributed by atoms with Gasteiger partial charge in [0.05, 0.1) is 21.3 Å². The van der Waals surface area contributed by atoms with Gasteiger partial charge >= 0.3 is 23.9 Å². The van der Waals surface area contributed by atoms with Crippen LogP contribution < -0.4 is 19.5 Å². The standard InChI is InChI=1S/C26H29NO12/c1-33-23(29)14-36-18-6-4-17(5-7-18)12-21(26(32)35-3)27-22(28)13-39-25(31)16-38-20-10-8-19(9-11-20)37-15-24(30)34-2/h4-11,21H,12-16H2,1-3H3,(H,27,28)/t21-/m0/s1. The molecule has 0 bridgehead atoms. The monoisotopic (exact) mass is 547 g/mol. The van der Waals surface area contributed by atoms with Crippen LogP contribution in [-0.2, 0) is 49.3 Å². The molecule has 1 atom stereocenters. The molecule has 0 aliphatic rings. The Kier molecular flexibility index (Phi) is 12.6. The molecule has 2 rings (SSSR count). The van der Waals surface area contributed by atoms with Gasteiger partial charge in [-0.2, -0.15) is 0 Å². The molecule has 0 aliphatic carbocycles. The lowest BCUT2D eigenvalue weighted by Crippen LogP contribution is -2.44. The Morgan fingerprint density at radius 2 is 1.05 bits per heavy atom. The molecule has 0 unspecified atom stereocenters. The number of benzene rings is 2. The summed E-state index contributed by atoms with van der Waals surface area (Å²) in [4.78, 5) is 58.7. The molecule has 2 aromatic carbocycles. The van der Waals surface area contributed by atoms with Crippen LogP contribution in [0.5, 0.6) is 17.2 Å². The molecular formula is C26H29NO12. The van der Waals surface area contributed by atoms with E-state index in [9.17, 15) is 24.0 Å². The molecule has 0 saturated carbocycles. The molecule has 0 heterocycles. The first-order valence-corrected chi connectivity index (χ1v) is 11.5. The van der Waals surface area contributed by atoms with Gasteiger partial charge in [-0.15, -0.1) is 0 Å². The Balaban J connectivity index is 1.78. The minimum atomic E-state index is -1.04. The van der Waals surface area contributed by atoms with Crippen molar-refractivity contribution >= 4 is 29.8 Å². The van der Waals surface area contributed by atoms with Crippen molar-refractivity contribution in [3.63, 3.8) is 0 Å². The van der Waals surface area contributed by atoms with Gasteiger partial charge in [0.2, 0.25) is 0 Å². The van der Waals surface area contributed by atoms with E-state index >= 15 is 0 Å². The maximum Gasteiger partial charge on any atom is 0.344 e. The number of hydrogen-bond acceptors (Lipinski definition) is 12. The molecule has 1 N–H and O–H groups in total. The molecule has 0 fully saturated rings. The van der Waals surface area contributed by atoms with Crippen LogP contribution in [0.3, 0.4) is 0 Å². The zero-order valence-electron chi connectivity index (χ0n) is 21.6. The molecule has 2 aromatic rings. The van der Waals surface area contributed by atoms with E-state index in [4.69, 9.17) is 23.7 Å². The van der Waals surface area contributed by atoms with Gasteiger partial charge in [0, 0.05) is 6.42 Å². The molecule has 210 valence electrons. The summed E-state index contributed by atoms with van der Waals surface area (Å²) in [5.74, 6) is -2.14. The van der Waals surface area contributed by atoms with E-state index in [1.54, 1.807) is 24.3 Å². The number of hydrogen-bond donors (Lipinski definition) is 1. The SMILES string of the molecule is COC(=O)COc1ccc(C[C@H](NC(=O)COC(=O)COc2ccc(OCC(=O)OC)cc2)C(=O)OC)cc1. The van der Waals surface area contributed by atoms with Crippen LogP contribution in [0, 0.1) is 0 Å². The smallest absolute Gasteiger partial charge is 0.344 e. The second kappa shape index (κ2) is 16.1. The van der Waals surface area contributed by atoms with Gasteiger partial charge < -0.3 is 38.5 Å². The van der Waals surface area contributed by atoms with E-state index in [2.05, 4.69) is 14.8 Å². The number of ether oxygens (including phenoxy) is 7. The Labute approximate surface area is 224 Å². The van der Waals surface area contributed by atoms with Gasteiger partial charge in [-0.3, -0.25) is 4.79 Å². The van der Waals surface area contributed by atoms with E-state index in [-0.39, 0.29) is 19.6 Å². The van der Waals surface area contributed by atoms with Crippen molar-refractivity contribution in [2.75, 3.05) is 47.8 Å². The molecule has 0 saturated heterocycles. The fourth-order valence-electron chi connectivity index (χ4n) is 2.89. The van der Waals surface area contributed by atoms with Gasteiger partial charge in [0.15, 0.2) is 26.4 Å². The van der Waals surface area contributed by atoms with E-state index in [1.807, 2.05) is 0 Å². The highest BCUT2D eigenvalue weighted by atomic mass is 16.6. The topological polar surface area (TPSA) is 162 Å². The first-order valence-electron chi connectivity index (χ1n) is 11.5. The number of nitrogens with one attached hydrogen (secondary N) is 1. The molecule has 0 aliphatic heterocycles. The van der Waals surface area contributed by atoms with Crippen molar-refractivity contribution in [2.45, 2.75) is 12.5 Å². The predicted octanol–water partition coefficient (Wildman–Crippen LogP) is 0.613. The number of esters is 4. The molecule has 13 heteroatoms. The first kappa shape index (κ1) is 30.4. The fourth-order valence-corrected chi connectivity index (χ4v) is 2.89. The summed E-state index contributed by atoms with van der Waals surface area (Å²) in [5.41, 5.74) is 0.670. The van der Waals surface area contributed by atoms with Crippen molar-refractivity contribution in [1.82, 2.24) is 5.32 Å². The summed E-state index contributed by atoms with van der Waals surface area (Å²) in [6, 6.07) is 11.6. The summed E-state index contributed by atoms with van der Waals surface area (Å²) in [6.07, 6.45) is 0.0894. The lowest BCUT2D eigenvalue weighted by Gasteiger charge is -2.17. The van der Waals surface area contributed by atoms with Crippen LogP contribution >= 0.6 is 0 Å². The number of rotatable bonds is 15. The molecule has 0 aromatic heterocycles. The predicted molar refractivity (Wildman–Crippen MR) is 132 cm³/mol. The minimum absolute atomic E-state index is 0.0894. The molecule has 13 nitrogen and oxygen atoms in total. The van der Waals surface area contributed by atoms with Crippen LogP contribution in [0.25, 0.3) is 0 Å². The fraction of sp³-hybridized carbons (Fsp3) is 0.346. The number of methoxy groups -OCH3 is 3. The minimum Gasteiger partial charge on any atom is -0.482 e. The van der Waals surface area contributed by atoms with Gasteiger partial charge in [-0.25, -0.2) is 19.2 Å². The lowest BCUT2D eigenvalue weighted by atomic mass is 10.1.